The van der Waals surface area contributed by atoms with Gasteiger partial charge in [-0.3, -0.25) is 0 Å². The highest BCUT2D eigenvalue weighted by Crippen LogP contribution is 2.22. The largest absolute Gasteiger partial charge is 0.493 e. The van der Waals surface area contributed by atoms with Crippen LogP contribution in [-0.2, 0) is 16.4 Å². The highest BCUT2D eigenvalue weighted by atomic mass is 79.9. The van der Waals surface area contributed by atoms with Gasteiger partial charge in [-0.2, -0.15) is 0 Å². The molecule has 0 spiro atoms. The number of ether oxygens (including phenoxy) is 1. The van der Waals surface area contributed by atoms with Crippen molar-refractivity contribution in [1.29, 1.82) is 0 Å². The van der Waals surface area contributed by atoms with Crippen molar-refractivity contribution < 1.29 is 13.2 Å². The zero-order valence-corrected chi connectivity index (χ0v) is 14.6. The van der Waals surface area contributed by atoms with Gasteiger partial charge in [-0.15, -0.1) is 0 Å². The molecule has 1 aromatic rings. The first kappa shape index (κ1) is 17.5. The Bertz CT molecular complexity index is 529. The third kappa shape index (κ3) is 7.26. The lowest BCUT2D eigenvalue weighted by molar-refractivity contribution is 0.340. The van der Waals surface area contributed by atoms with E-state index in [1.54, 1.807) is 0 Å². The summed E-state index contributed by atoms with van der Waals surface area (Å²) in [6.45, 7) is 6.20. The van der Waals surface area contributed by atoms with Crippen molar-refractivity contribution in [2.75, 3.05) is 25.2 Å². The molecule has 1 aromatic carbocycles. The smallest absolute Gasteiger partial charge is 0.150 e. The number of nitrogens with one attached hydrogen (secondary N) is 1. The minimum absolute atomic E-state index is 0.0317. The van der Waals surface area contributed by atoms with Gasteiger partial charge in [0.2, 0.25) is 0 Å². The molecule has 114 valence electrons. The van der Waals surface area contributed by atoms with Gasteiger partial charge in [0.1, 0.15) is 12.4 Å². The van der Waals surface area contributed by atoms with Crippen molar-refractivity contribution in [2.24, 2.45) is 5.92 Å². The Morgan fingerprint density at radius 3 is 2.65 bits per heavy atom. The molecule has 0 saturated heterocycles. The maximum atomic E-state index is 11.1. The van der Waals surface area contributed by atoms with Gasteiger partial charge in [0, 0.05) is 17.3 Å². The van der Waals surface area contributed by atoms with Crippen molar-refractivity contribution in [3.05, 3.63) is 28.2 Å². The predicted octanol–water partition coefficient (Wildman–Crippen LogP) is 2.62. The summed E-state index contributed by atoms with van der Waals surface area (Å²) in [5.41, 5.74) is 1.10. The van der Waals surface area contributed by atoms with Gasteiger partial charge in [-0.1, -0.05) is 29.8 Å². The zero-order valence-electron chi connectivity index (χ0n) is 12.1. The van der Waals surface area contributed by atoms with Gasteiger partial charge in [-0.25, -0.2) is 8.42 Å². The van der Waals surface area contributed by atoms with Gasteiger partial charge in [-0.05, 0) is 36.2 Å². The summed E-state index contributed by atoms with van der Waals surface area (Å²) >= 11 is 3.51. The molecular formula is C14H22BrNO3S. The number of hydrogen-bond acceptors (Lipinski definition) is 4. The van der Waals surface area contributed by atoms with E-state index in [0.717, 1.165) is 23.1 Å². The molecule has 0 fully saturated rings. The third-order valence-electron chi connectivity index (χ3n) is 2.61. The minimum Gasteiger partial charge on any atom is -0.493 e. The Morgan fingerprint density at radius 2 is 2.05 bits per heavy atom. The molecular weight excluding hydrogens is 342 g/mol. The van der Waals surface area contributed by atoms with Crippen LogP contribution in [0.1, 0.15) is 19.4 Å². The average Bonchev–Trinajstić information content (AvgIpc) is 2.31. The first-order valence-corrected chi connectivity index (χ1v) is 9.43. The first-order chi connectivity index (χ1) is 9.28. The van der Waals surface area contributed by atoms with Crippen molar-refractivity contribution >= 4 is 25.8 Å². The van der Waals surface area contributed by atoms with E-state index in [1.807, 2.05) is 18.2 Å². The fourth-order valence-electron chi connectivity index (χ4n) is 1.58. The Labute approximate surface area is 130 Å². The predicted molar refractivity (Wildman–Crippen MR) is 85.9 cm³/mol. The van der Waals surface area contributed by atoms with Gasteiger partial charge in [0.15, 0.2) is 9.84 Å². The molecule has 0 aliphatic rings. The quantitative estimate of drug-likeness (QED) is 0.771. The molecule has 0 unspecified atom stereocenters. The van der Waals surface area contributed by atoms with Crippen LogP contribution in [0.5, 0.6) is 5.75 Å². The van der Waals surface area contributed by atoms with Crippen LogP contribution in [0.4, 0.5) is 0 Å². The molecule has 0 aromatic heterocycles. The third-order valence-corrected chi connectivity index (χ3v) is 4.29. The molecule has 0 bridgehead atoms. The molecule has 6 heteroatoms. The number of hydrogen-bond donors (Lipinski definition) is 1. The summed E-state index contributed by atoms with van der Waals surface area (Å²) < 4.78 is 28.6. The van der Waals surface area contributed by atoms with Crippen LogP contribution < -0.4 is 10.1 Å². The summed E-state index contributed by atoms with van der Waals surface area (Å²) in [6.07, 6.45) is 1.21. The van der Waals surface area contributed by atoms with Crippen LogP contribution in [0, 0.1) is 5.92 Å². The Hall–Kier alpha value is -0.590. The van der Waals surface area contributed by atoms with Crippen LogP contribution in [0.2, 0.25) is 0 Å². The van der Waals surface area contributed by atoms with Gasteiger partial charge >= 0.3 is 0 Å². The lowest BCUT2D eigenvalue weighted by Gasteiger charge is -2.11. The second-order valence-corrected chi connectivity index (χ2v) is 8.37. The maximum Gasteiger partial charge on any atom is 0.150 e. The number of sulfone groups is 1. The summed E-state index contributed by atoms with van der Waals surface area (Å²) in [7, 11) is -2.98. The molecule has 1 rings (SSSR count). The average molecular weight is 364 g/mol. The molecule has 1 N–H and O–H groups in total. The Kier molecular flexibility index (Phi) is 6.99. The van der Waals surface area contributed by atoms with Crippen LogP contribution in [0.25, 0.3) is 0 Å². The monoisotopic (exact) mass is 363 g/mol. The zero-order chi connectivity index (χ0) is 15.2. The van der Waals surface area contributed by atoms with Gasteiger partial charge in [0.05, 0.1) is 5.75 Å². The van der Waals surface area contributed by atoms with E-state index in [1.165, 1.54) is 6.26 Å². The van der Waals surface area contributed by atoms with E-state index in [-0.39, 0.29) is 12.4 Å². The second-order valence-electron chi connectivity index (χ2n) is 5.26. The molecule has 0 radical (unpaired) electrons. The van der Waals surface area contributed by atoms with Gasteiger partial charge < -0.3 is 10.1 Å². The van der Waals surface area contributed by atoms with E-state index in [9.17, 15) is 8.42 Å². The Morgan fingerprint density at radius 1 is 1.35 bits per heavy atom. The van der Waals surface area contributed by atoms with Crippen molar-refractivity contribution in [3.63, 3.8) is 0 Å². The molecule has 0 saturated carbocycles. The summed E-state index contributed by atoms with van der Waals surface area (Å²) in [5, 5.41) is 3.37. The number of benzene rings is 1. The molecule has 0 amide bonds. The molecule has 4 nitrogen and oxygen atoms in total. The van der Waals surface area contributed by atoms with Crippen molar-refractivity contribution in [2.45, 2.75) is 20.4 Å². The van der Waals surface area contributed by atoms with E-state index < -0.39 is 9.84 Å². The lowest BCUT2D eigenvalue weighted by atomic mass is 10.2. The highest BCUT2D eigenvalue weighted by molar-refractivity contribution is 9.10. The van der Waals surface area contributed by atoms with E-state index in [4.69, 9.17) is 4.74 Å². The van der Waals surface area contributed by atoms with E-state index >= 15 is 0 Å². The summed E-state index contributed by atoms with van der Waals surface area (Å²) in [5.74, 6) is 1.32. The standard InChI is InChI=1S/C14H22BrNO3S/c1-11(2)9-16-10-12-8-13(4-5-14(12)15)19-6-7-20(3,17)18/h4-5,8,11,16H,6-7,9-10H2,1-3H3. The molecule has 0 aliphatic heterocycles. The van der Waals surface area contributed by atoms with Gasteiger partial charge in [0.25, 0.3) is 0 Å². The topological polar surface area (TPSA) is 55.4 Å². The maximum absolute atomic E-state index is 11.1. The number of halogens is 1. The SMILES string of the molecule is CC(C)CNCc1cc(OCCS(C)(=O)=O)ccc1Br. The molecule has 0 heterocycles. The van der Waals surface area contributed by atoms with E-state index in [2.05, 4.69) is 35.1 Å². The van der Waals surface area contributed by atoms with Crippen molar-refractivity contribution in [1.82, 2.24) is 5.32 Å². The summed E-state index contributed by atoms with van der Waals surface area (Å²) in [6, 6.07) is 5.68. The van der Waals surface area contributed by atoms with E-state index in [0.29, 0.717) is 11.7 Å². The lowest BCUT2D eigenvalue weighted by Crippen LogP contribution is -2.19. The van der Waals surface area contributed by atoms with Crippen LogP contribution in [-0.4, -0.2) is 33.6 Å². The van der Waals surface area contributed by atoms with Crippen LogP contribution in [0.3, 0.4) is 0 Å². The first-order valence-electron chi connectivity index (χ1n) is 6.57. The Balaban J connectivity index is 2.57. The number of rotatable bonds is 8. The molecule has 0 atom stereocenters. The molecule has 20 heavy (non-hydrogen) atoms. The fraction of sp³-hybridized carbons (Fsp3) is 0.571. The molecule has 0 aliphatic carbocycles. The van der Waals surface area contributed by atoms with Crippen LogP contribution >= 0.6 is 15.9 Å². The van der Waals surface area contributed by atoms with Crippen LogP contribution in [0.15, 0.2) is 22.7 Å². The summed E-state index contributed by atoms with van der Waals surface area (Å²) in [4.78, 5) is 0. The highest BCUT2D eigenvalue weighted by Gasteiger charge is 2.05. The van der Waals surface area contributed by atoms with Crippen molar-refractivity contribution in [3.8, 4) is 5.75 Å². The minimum atomic E-state index is -2.98. The fourth-order valence-corrected chi connectivity index (χ4v) is 2.36. The normalized spacial score (nSPS) is 11.8. The second kappa shape index (κ2) is 8.00.